The van der Waals surface area contributed by atoms with E-state index >= 15 is 0 Å². The summed E-state index contributed by atoms with van der Waals surface area (Å²) in [5, 5.41) is 3.51. The van der Waals surface area contributed by atoms with E-state index in [0.717, 1.165) is 45.1 Å². The number of hydrogen-bond donors (Lipinski definition) is 1. The van der Waals surface area contributed by atoms with Crippen molar-refractivity contribution < 1.29 is 9.53 Å². The fourth-order valence-electron chi connectivity index (χ4n) is 3.06. The molecule has 3 rings (SSSR count). The number of aromatic nitrogens is 2. The van der Waals surface area contributed by atoms with Crippen molar-refractivity contribution in [2.75, 3.05) is 19.0 Å². The molecule has 1 heterocycles. The van der Waals surface area contributed by atoms with Crippen LogP contribution >= 0.6 is 11.6 Å². The van der Waals surface area contributed by atoms with Gasteiger partial charge in [0, 0.05) is 25.3 Å². The minimum absolute atomic E-state index is 0.135. The van der Waals surface area contributed by atoms with Crippen LogP contribution in [0.3, 0.4) is 0 Å². The Morgan fingerprint density at radius 3 is 2.58 bits per heavy atom. The molecule has 7 heteroatoms. The van der Waals surface area contributed by atoms with E-state index in [2.05, 4.69) is 20.1 Å². The molecular formula is C17H21ClN4O2. The third-order valence-corrected chi connectivity index (χ3v) is 5.10. The van der Waals surface area contributed by atoms with Gasteiger partial charge >= 0.3 is 5.97 Å². The van der Waals surface area contributed by atoms with Gasteiger partial charge in [-0.25, -0.2) is 21.3 Å². The zero-order valence-corrected chi connectivity index (χ0v) is 14.5. The van der Waals surface area contributed by atoms with Gasteiger partial charge in [-0.05, 0) is 31.6 Å². The van der Waals surface area contributed by atoms with E-state index in [-0.39, 0.29) is 16.8 Å². The molecule has 24 heavy (non-hydrogen) atoms. The molecule has 1 aromatic heterocycles. The lowest BCUT2D eigenvalue weighted by Crippen LogP contribution is -2.23. The van der Waals surface area contributed by atoms with Crippen LogP contribution in [0.4, 0.5) is 5.82 Å². The van der Waals surface area contributed by atoms with E-state index in [1.165, 1.54) is 7.11 Å². The molecule has 0 radical (unpaired) electrons. The number of nitrogens with one attached hydrogen (secondary N) is 1. The number of rotatable bonds is 5. The number of anilines is 1. The summed E-state index contributed by atoms with van der Waals surface area (Å²) in [6.45, 7) is 7.85. The Bertz CT molecular complexity index is 661. The fourth-order valence-corrected chi connectivity index (χ4v) is 3.29. The summed E-state index contributed by atoms with van der Waals surface area (Å²) in [6.07, 6.45) is 6.05. The first-order valence-corrected chi connectivity index (χ1v) is 8.76. The topological polar surface area (TPSA) is 68.5 Å². The van der Waals surface area contributed by atoms with Gasteiger partial charge in [-0.1, -0.05) is 11.6 Å². The number of ether oxygens (including phenoxy) is 1. The number of carbonyl (C=O) groups is 1. The van der Waals surface area contributed by atoms with Crippen LogP contribution in [0.25, 0.3) is 4.85 Å². The van der Waals surface area contributed by atoms with Gasteiger partial charge in [0.05, 0.1) is 7.11 Å². The highest BCUT2D eigenvalue weighted by molar-refractivity contribution is 6.35. The first-order valence-electron chi connectivity index (χ1n) is 8.38. The smallest absolute Gasteiger partial charge is 0.358 e. The quantitative estimate of drug-likeness (QED) is 0.649. The summed E-state index contributed by atoms with van der Waals surface area (Å²) < 4.78 is 4.78. The largest absolute Gasteiger partial charge is 0.464 e. The molecule has 2 aliphatic rings. The third kappa shape index (κ3) is 3.78. The highest BCUT2D eigenvalue weighted by Gasteiger charge is 2.30. The van der Waals surface area contributed by atoms with Crippen LogP contribution in [0.5, 0.6) is 0 Å². The maximum atomic E-state index is 11.9. The minimum Gasteiger partial charge on any atom is -0.464 e. The van der Waals surface area contributed by atoms with E-state index in [9.17, 15) is 4.79 Å². The second-order valence-corrected chi connectivity index (χ2v) is 6.92. The second-order valence-electron chi connectivity index (χ2n) is 6.54. The van der Waals surface area contributed by atoms with E-state index in [0.29, 0.717) is 23.5 Å². The van der Waals surface area contributed by atoms with E-state index < -0.39 is 5.97 Å². The first-order chi connectivity index (χ1) is 11.6. The summed E-state index contributed by atoms with van der Waals surface area (Å²) in [5.41, 5.74) is 0.135. The molecule has 0 saturated heterocycles. The van der Waals surface area contributed by atoms with Crippen molar-refractivity contribution >= 4 is 23.4 Å². The number of halogens is 1. The van der Waals surface area contributed by atoms with Gasteiger partial charge in [0.2, 0.25) is 6.04 Å². The number of esters is 1. The molecule has 0 amide bonds. The van der Waals surface area contributed by atoms with Crippen LogP contribution in [0.15, 0.2) is 0 Å². The SMILES string of the molecule is [C-]#[N+]C1CCC(CNc2nc(C3CC3)nc(C(=O)OC)c2Cl)CC1. The van der Waals surface area contributed by atoms with Crippen molar-refractivity contribution in [1.82, 2.24) is 9.97 Å². The Kier molecular flexibility index (Phi) is 5.20. The van der Waals surface area contributed by atoms with Crippen molar-refractivity contribution in [2.45, 2.75) is 50.5 Å². The molecule has 0 aromatic carbocycles. The Morgan fingerprint density at radius 1 is 1.29 bits per heavy atom. The van der Waals surface area contributed by atoms with Gasteiger partial charge in [-0.3, -0.25) is 0 Å². The molecule has 1 aromatic rings. The van der Waals surface area contributed by atoms with Crippen LogP contribution in [0, 0.1) is 12.5 Å². The summed E-state index contributed by atoms with van der Waals surface area (Å²) in [6, 6.07) is 0.177. The predicted molar refractivity (Wildman–Crippen MR) is 91.2 cm³/mol. The van der Waals surface area contributed by atoms with Crippen molar-refractivity contribution in [3.05, 3.63) is 28.0 Å². The van der Waals surface area contributed by atoms with Gasteiger partial charge < -0.3 is 14.9 Å². The van der Waals surface area contributed by atoms with Gasteiger partial charge in [0.15, 0.2) is 5.69 Å². The van der Waals surface area contributed by atoms with Crippen molar-refractivity contribution in [3.8, 4) is 0 Å². The van der Waals surface area contributed by atoms with Crippen molar-refractivity contribution in [2.24, 2.45) is 5.92 Å². The third-order valence-electron chi connectivity index (χ3n) is 4.75. The van der Waals surface area contributed by atoms with E-state index in [1.807, 2.05) is 0 Å². The van der Waals surface area contributed by atoms with Crippen LogP contribution in [-0.2, 0) is 4.74 Å². The number of nitrogens with zero attached hydrogens (tertiary/aromatic N) is 3. The highest BCUT2D eigenvalue weighted by atomic mass is 35.5. The Balaban J connectivity index is 1.71. The second kappa shape index (κ2) is 7.35. The maximum Gasteiger partial charge on any atom is 0.358 e. The summed E-state index contributed by atoms with van der Waals surface area (Å²) in [4.78, 5) is 24.3. The lowest BCUT2D eigenvalue weighted by atomic mass is 9.86. The summed E-state index contributed by atoms with van der Waals surface area (Å²) in [7, 11) is 1.32. The molecule has 0 unspecified atom stereocenters. The average molecular weight is 349 g/mol. The molecule has 2 fully saturated rings. The van der Waals surface area contributed by atoms with Crippen LogP contribution in [-0.4, -0.2) is 35.6 Å². The average Bonchev–Trinajstić information content (AvgIpc) is 3.45. The summed E-state index contributed by atoms with van der Waals surface area (Å²) >= 11 is 6.31. The maximum absolute atomic E-state index is 11.9. The molecular weight excluding hydrogens is 328 g/mol. The van der Waals surface area contributed by atoms with Gasteiger partial charge in [0.25, 0.3) is 0 Å². The van der Waals surface area contributed by atoms with E-state index in [1.54, 1.807) is 0 Å². The zero-order valence-electron chi connectivity index (χ0n) is 13.7. The molecule has 0 spiro atoms. The number of methoxy groups -OCH3 is 1. The first kappa shape index (κ1) is 17.0. The summed E-state index contributed by atoms with van der Waals surface area (Å²) in [5.74, 6) is 1.46. The molecule has 2 saturated carbocycles. The van der Waals surface area contributed by atoms with Crippen LogP contribution < -0.4 is 5.32 Å². The molecule has 6 nitrogen and oxygen atoms in total. The van der Waals surface area contributed by atoms with Crippen molar-refractivity contribution in [1.29, 1.82) is 0 Å². The van der Waals surface area contributed by atoms with Crippen LogP contribution in [0.1, 0.15) is 60.8 Å². The molecule has 2 aliphatic carbocycles. The van der Waals surface area contributed by atoms with Crippen molar-refractivity contribution in [3.63, 3.8) is 0 Å². The fraction of sp³-hybridized carbons (Fsp3) is 0.647. The Labute approximate surface area is 146 Å². The monoisotopic (exact) mass is 348 g/mol. The lowest BCUT2D eigenvalue weighted by molar-refractivity contribution is 0.0593. The van der Waals surface area contributed by atoms with Gasteiger partial charge in [-0.15, -0.1) is 0 Å². The molecule has 1 N–H and O–H groups in total. The molecule has 0 bridgehead atoms. The Hall–Kier alpha value is -1.87. The van der Waals surface area contributed by atoms with Gasteiger partial charge in [0.1, 0.15) is 16.7 Å². The van der Waals surface area contributed by atoms with Crippen LogP contribution in [0.2, 0.25) is 5.02 Å². The minimum atomic E-state index is -0.537. The lowest BCUT2D eigenvalue weighted by Gasteiger charge is -2.23. The standard InChI is InChI=1S/C17H21ClN4O2/c1-19-12-7-3-10(4-8-12)9-20-16-13(18)14(17(23)24-2)21-15(22-16)11-5-6-11/h10-12H,3-9H2,2H3,(H,20,21,22). The number of hydrogen-bond acceptors (Lipinski definition) is 5. The number of carbonyl (C=O) groups excluding carboxylic acids is 1. The van der Waals surface area contributed by atoms with Gasteiger partial charge in [-0.2, -0.15) is 0 Å². The Morgan fingerprint density at radius 2 is 2.00 bits per heavy atom. The predicted octanol–water partition coefficient (Wildman–Crippen LogP) is 3.68. The molecule has 0 atom stereocenters. The normalized spacial score (nSPS) is 23.4. The molecule has 0 aliphatic heterocycles. The highest BCUT2D eigenvalue weighted by Crippen LogP contribution is 2.40. The zero-order chi connectivity index (χ0) is 17.1. The molecule has 128 valence electrons. The van der Waals surface area contributed by atoms with E-state index in [4.69, 9.17) is 22.9 Å².